The Morgan fingerprint density at radius 3 is 2.17 bits per heavy atom. The molecule has 0 radical (unpaired) electrons. The van der Waals surface area contributed by atoms with Gasteiger partial charge in [0.1, 0.15) is 4.90 Å². The zero-order valence-electron chi connectivity index (χ0n) is 14.6. The number of hydrogen-bond donors (Lipinski definition) is 1. The molecule has 0 aliphatic rings. The summed E-state index contributed by atoms with van der Waals surface area (Å²) in [6.07, 6.45) is 1.52. The van der Waals surface area contributed by atoms with E-state index >= 15 is 0 Å². The Morgan fingerprint density at radius 2 is 1.74 bits per heavy atom. The lowest BCUT2D eigenvalue weighted by Gasteiger charge is -2.20. The molecule has 2 aromatic rings. The van der Waals surface area contributed by atoms with E-state index in [2.05, 4.69) is 42.7 Å². The van der Waals surface area contributed by atoms with E-state index in [1.54, 1.807) is 14.0 Å². The van der Waals surface area contributed by atoms with Crippen LogP contribution >= 0.6 is 0 Å². The smallest absolute Gasteiger partial charge is 0.244 e. The molecule has 6 heteroatoms. The van der Waals surface area contributed by atoms with Crippen LogP contribution in [-0.4, -0.2) is 18.2 Å². The number of sulfonamides is 1. The number of nitrogens with one attached hydrogen (secondary N) is 1. The molecule has 0 amide bonds. The van der Waals surface area contributed by atoms with E-state index in [1.165, 1.54) is 16.4 Å². The van der Waals surface area contributed by atoms with Gasteiger partial charge in [0.15, 0.2) is 0 Å². The van der Waals surface area contributed by atoms with Crippen molar-refractivity contribution in [2.45, 2.75) is 51.0 Å². The van der Waals surface area contributed by atoms with E-state index < -0.39 is 10.0 Å². The molecule has 0 spiro atoms. The highest BCUT2D eigenvalue weighted by atomic mass is 32.2. The van der Waals surface area contributed by atoms with Crippen LogP contribution in [-0.2, 0) is 22.5 Å². The van der Waals surface area contributed by atoms with Gasteiger partial charge in [-0.25, -0.2) is 13.1 Å². The van der Waals surface area contributed by atoms with Crippen LogP contribution in [0.1, 0.15) is 50.6 Å². The second kappa shape index (κ2) is 6.09. The highest BCUT2D eigenvalue weighted by Gasteiger charge is 2.23. The Labute approximate surface area is 138 Å². The lowest BCUT2D eigenvalue weighted by atomic mass is 9.86. The molecule has 5 nitrogen and oxygen atoms in total. The molecule has 1 unspecified atom stereocenters. The first-order valence-electron chi connectivity index (χ1n) is 7.64. The van der Waals surface area contributed by atoms with Crippen LogP contribution in [0.15, 0.2) is 35.4 Å². The van der Waals surface area contributed by atoms with Gasteiger partial charge in [-0.2, -0.15) is 5.10 Å². The summed E-state index contributed by atoms with van der Waals surface area (Å²) >= 11 is 0. The van der Waals surface area contributed by atoms with Crippen LogP contribution in [0.3, 0.4) is 0 Å². The molecule has 0 fully saturated rings. The minimum absolute atomic E-state index is 0.0775. The van der Waals surface area contributed by atoms with Crippen LogP contribution in [0.25, 0.3) is 0 Å². The third-order valence-corrected chi connectivity index (χ3v) is 5.51. The summed E-state index contributed by atoms with van der Waals surface area (Å²) in [6.45, 7) is 9.99. The van der Waals surface area contributed by atoms with E-state index in [1.807, 2.05) is 19.1 Å². The van der Waals surface area contributed by atoms with Crippen molar-refractivity contribution in [3.63, 3.8) is 0 Å². The maximum Gasteiger partial charge on any atom is 0.244 e. The van der Waals surface area contributed by atoms with E-state index in [9.17, 15) is 8.42 Å². The number of benzene rings is 1. The van der Waals surface area contributed by atoms with Crippen molar-refractivity contribution >= 4 is 10.0 Å². The Hall–Kier alpha value is -1.66. The normalized spacial score (nSPS) is 14.0. The lowest BCUT2D eigenvalue weighted by molar-refractivity contribution is 0.565. The fourth-order valence-corrected chi connectivity index (χ4v) is 3.93. The Bertz CT molecular complexity index is 784. The highest BCUT2D eigenvalue weighted by Crippen LogP contribution is 2.24. The first-order valence-corrected chi connectivity index (χ1v) is 9.12. The molecule has 0 aliphatic carbocycles. The summed E-state index contributed by atoms with van der Waals surface area (Å²) in [4.78, 5) is 0.221. The SMILES string of the molecule is Cc1nn(C)cc1S(=O)(=O)NC(C)c1ccc(C(C)(C)C)cc1. The van der Waals surface area contributed by atoms with E-state index in [0.717, 1.165) is 5.56 Å². The standard InChI is InChI=1S/C17H25N3O2S/c1-12(14-7-9-15(10-8-14)17(3,4)5)19-23(21,22)16-11-20(6)18-13(16)2/h7-12,19H,1-6H3. The molecular weight excluding hydrogens is 310 g/mol. The fourth-order valence-electron chi connectivity index (χ4n) is 2.48. The number of aromatic nitrogens is 2. The van der Waals surface area contributed by atoms with Crippen LogP contribution in [0.4, 0.5) is 0 Å². The molecule has 0 saturated carbocycles. The third-order valence-electron chi connectivity index (χ3n) is 3.87. The summed E-state index contributed by atoms with van der Waals surface area (Å²) in [5, 5.41) is 4.09. The molecular formula is C17H25N3O2S. The minimum Gasteiger partial charge on any atom is -0.274 e. The van der Waals surface area contributed by atoms with Crippen molar-refractivity contribution in [2.24, 2.45) is 7.05 Å². The maximum absolute atomic E-state index is 12.5. The first kappa shape index (κ1) is 17.7. The predicted octanol–water partition coefficient (Wildman–Crippen LogP) is 3.07. The number of rotatable bonds is 4. The van der Waals surface area contributed by atoms with Crippen LogP contribution in [0.2, 0.25) is 0 Å². The monoisotopic (exact) mass is 335 g/mol. The quantitative estimate of drug-likeness (QED) is 0.934. The van der Waals surface area contributed by atoms with Gasteiger partial charge in [-0.15, -0.1) is 0 Å². The zero-order valence-corrected chi connectivity index (χ0v) is 15.4. The van der Waals surface area contributed by atoms with Gasteiger partial charge in [-0.1, -0.05) is 45.0 Å². The number of nitrogens with zero attached hydrogens (tertiary/aromatic N) is 2. The summed E-state index contributed by atoms with van der Waals surface area (Å²) in [6, 6.07) is 7.74. The van der Waals surface area contributed by atoms with Gasteiger partial charge in [0.2, 0.25) is 10.0 Å². The summed E-state index contributed by atoms with van der Waals surface area (Å²) in [5.74, 6) is 0. The Balaban J connectivity index is 2.21. The fraction of sp³-hybridized carbons (Fsp3) is 0.471. The highest BCUT2D eigenvalue weighted by molar-refractivity contribution is 7.89. The van der Waals surface area contributed by atoms with Gasteiger partial charge in [0.25, 0.3) is 0 Å². The largest absolute Gasteiger partial charge is 0.274 e. The second-order valence-electron chi connectivity index (χ2n) is 6.97. The van der Waals surface area contributed by atoms with Gasteiger partial charge in [-0.05, 0) is 30.4 Å². The molecule has 1 N–H and O–H groups in total. The van der Waals surface area contributed by atoms with Crippen LogP contribution in [0, 0.1) is 6.92 Å². The van der Waals surface area contributed by atoms with E-state index in [0.29, 0.717) is 5.69 Å². The molecule has 1 atom stereocenters. The van der Waals surface area contributed by atoms with E-state index in [-0.39, 0.29) is 16.4 Å². The average Bonchev–Trinajstić information content (AvgIpc) is 2.77. The van der Waals surface area contributed by atoms with Gasteiger partial charge < -0.3 is 0 Å². The lowest BCUT2D eigenvalue weighted by Crippen LogP contribution is -2.27. The van der Waals surface area contributed by atoms with Crippen LogP contribution < -0.4 is 4.72 Å². The van der Waals surface area contributed by atoms with Crippen molar-refractivity contribution < 1.29 is 8.42 Å². The van der Waals surface area contributed by atoms with Crippen molar-refractivity contribution in [1.82, 2.24) is 14.5 Å². The molecule has 2 rings (SSSR count). The van der Waals surface area contributed by atoms with E-state index in [4.69, 9.17) is 0 Å². The van der Waals surface area contributed by atoms with Gasteiger partial charge >= 0.3 is 0 Å². The molecule has 23 heavy (non-hydrogen) atoms. The van der Waals surface area contributed by atoms with Crippen molar-refractivity contribution in [2.75, 3.05) is 0 Å². The molecule has 126 valence electrons. The molecule has 0 aliphatic heterocycles. The zero-order chi connectivity index (χ0) is 17.4. The molecule has 1 aromatic heterocycles. The van der Waals surface area contributed by atoms with Gasteiger partial charge in [0.05, 0.1) is 5.69 Å². The maximum atomic E-state index is 12.5. The molecule has 1 heterocycles. The molecule has 0 saturated heterocycles. The predicted molar refractivity (Wildman–Crippen MR) is 91.8 cm³/mol. The first-order chi connectivity index (χ1) is 10.5. The summed E-state index contributed by atoms with van der Waals surface area (Å²) in [7, 11) is -1.88. The minimum atomic E-state index is -3.59. The Morgan fingerprint density at radius 1 is 1.17 bits per heavy atom. The topological polar surface area (TPSA) is 64.0 Å². The second-order valence-corrected chi connectivity index (χ2v) is 8.65. The van der Waals surface area contributed by atoms with Crippen molar-refractivity contribution in [3.05, 3.63) is 47.3 Å². The summed E-state index contributed by atoms with van der Waals surface area (Å²) in [5.41, 5.74) is 2.73. The Kier molecular flexibility index (Phi) is 4.69. The van der Waals surface area contributed by atoms with Gasteiger partial charge in [-0.3, -0.25) is 4.68 Å². The van der Waals surface area contributed by atoms with Crippen molar-refractivity contribution in [3.8, 4) is 0 Å². The van der Waals surface area contributed by atoms with Gasteiger partial charge in [0, 0.05) is 19.3 Å². The number of aryl methyl sites for hydroxylation is 2. The van der Waals surface area contributed by atoms with Crippen LogP contribution in [0.5, 0.6) is 0 Å². The summed E-state index contributed by atoms with van der Waals surface area (Å²) < 4.78 is 29.3. The molecule has 0 bridgehead atoms. The molecule has 1 aromatic carbocycles. The third kappa shape index (κ3) is 4.00. The number of hydrogen-bond acceptors (Lipinski definition) is 3. The average molecular weight is 335 g/mol. The van der Waals surface area contributed by atoms with Crippen molar-refractivity contribution in [1.29, 1.82) is 0 Å².